The molecular formula is C16H15NO4. The van der Waals surface area contributed by atoms with Crippen molar-refractivity contribution < 1.29 is 14.5 Å². The van der Waals surface area contributed by atoms with Gasteiger partial charge in [-0.25, -0.2) is 4.79 Å². The largest absolute Gasteiger partial charge is 0.423 e. The van der Waals surface area contributed by atoms with Crippen LogP contribution < -0.4 is 4.74 Å². The van der Waals surface area contributed by atoms with Crippen molar-refractivity contribution in [3.63, 3.8) is 0 Å². The molecule has 0 amide bonds. The van der Waals surface area contributed by atoms with Crippen molar-refractivity contribution in [2.24, 2.45) is 0 Å². The molecule has 0 bridgehead atoms. The average Bonchev–Trinajstić information content (AvgIpc) is 2.43. The van der Waals surface area contributed by atoms with E-state index in [0.29, 0.717) is 11.3 Å². The minimum absolute atomic E-state index is 0.0930. The minimum atomic E-state index is -0.610. The van der Waals surface area contributed by atoms with Crippen LogP contribution in [0.2, 0.25) is 0 Å². The Morgan fingerprint density at radius 2 is 1.67 bits per heavy atom. The number of nitro groups is 1. The van der Waals surface area contributed by atoms with E-state index in [9.17, 15) is 14.9 Å². The van der Waals surface area contributed by atoms with Crippen LogP contribution in [0.5, 0.6) is 5.75 Å². The number of carbonyl (C=O) groups is 1. The van der Waals surface area contributed by atoms with E-state index in [1.165, 1.54) is 18.2 Å². The topological polar surface area (TPSA) is 69.4 Å². The highest BCUT2D eigenvalue weighted by Crippen LogP contribution is 2.22. The van der Waals surface area contributed by atoms with E-state index in [4.69, 9.17) is 4.74 Å². The molecule has 2 aromatic carbocycles. The fraction of sp³-hybridized carbons (Fsp3) is 0.188. The van der Waals surface area contributed by atoms with E-state index in [1.807, 2.05) is 19.9 Å². The average molecular weight is 285 g/mol. The van der Waals surface area contributed by atoms with Crippen LogP contribution in [0.1, 0.15) is 27.0 Å². The molecule has 21 heavy (non-hydrogen) atoms. The number of carbonyl (C=O) groups excluding carboxylic acids is 1. The number of nitro benzene ring substituents is 1. The van der Waals surface area contributed by atoms with Crippen molar-refractivity contribution in [3.05, 3.63) is 68.8 Å². The van der Waals surface area contributed by atoms with Gasteiger partial charge in [-0.3, -0.25) is 10.1 Å². The maximum Gasteiger partial charge on any atom is 0.343 e. The lowest BCUT2D eigenvalue weighted by molar-refractivity contribution is -0.385. The first-order chi connectivity index (χ1) is 9.88. The van der Waals surface area contributed by atoms with Crippen LogP contribution >= 0.6 is 0 Å². The van der Waals surface area contributed by atoms with Gasteiger partial charge in [0.05, 0.1) is 10.5 Å². The van der Waals surface area contributed by atoms with Crippen molar-refractivity contribution in [1.82, 2.24) is 0 Å². The molecule has 0 N–H and O–H groups in total. The summed E-state index contributed by atoms with van der Waals surface area (Å²) in [5.74, 6) is -0.187. The van der Waals surface area contributed by atoms with E-state index in [1.54, 1.807) is 19.1 Å². The molecule has 0 atom stereocenters. The fourth-order valence-corrected chi connectivity index (χ4v) is 1.88. The summed E-state index contributed by atoms with van der Waals surface area (Å²) in [5.41, 5.74) is 2.67. The molecule has 2 rings (SSSR count). The lowest BCUT2D eigenvalue weighted by Crippen LogP contribution is -2.09. The zero-order valence-corrected chi connectivity index (χ0v) is 12.0. The maximum absolute atomic E-state index is 12.1. The molecule has 2 aromatic rings. The second kappa shape index (κ2) is 5.75. The van der Waals surface area contributed by atoms with Gasteiger partial charge in [-0.15, -0.1) is 0 Å². The smallest absolute Gasteiger partial charge is 0.343 e. The molecule has 0 aliphatic carbocycles. The molecule has 0 saturated carbocycles. The van der Waals surface area contributed by atoms with Crippen LogP contribution in [0.4, 0.5) is 5.69 Å². The van der Waals surface area contributed by atoms with Gasteiger partial charge in [-0.1, -0.05) is 12.1 Å². The van der Waals surface area contributed by atoms with Gasteiger partial charge < -0.3 is 4.74 Å². The summed E-state index contributed by atoms with van der Waals surface area (Å²) in [5, 5.41) is 10.9. The van der Waals surface area contributed by atoms with Crippen LogP contribution in [-0.4, -0.2) is 10.9 Å². The predicted molar refractivity (Wildman–Crippen MR) is 78.7 cm³/mol. The van der Waals surface area contributed by atoms with Gasteiger partial charge in [-0.2, -0.15) is 0 Å². The highest BCUT2D eigenvalue weighted by molar-refractivity contribution is 5.92. The van der Waals surface area contributed by atoms with E-state index in [-0.39, 0.29) is 11.3 Å². The third kappa shape index (κ3) is 3.25. The summed E-state index contributed by atoms with van der Waals surface area (Å²) >= 11 is 0. The molecule has 0 fully saturated rings. The summed E-state index contributed by atoms with van der Waals surface area (Å²) in [6.45, 7) is 5.50. The zero-order valence-electron chi connectivity index (χ0n) is 12.0. The molecule has 0 unspecified atom stereocenters. The number of aryl methyl sites for hydroxylation is 3. The SMILES string of the molecule is Cc1ccc(OC(=O)c2ccc(C)c([N+](=O)[O-])c2)cc1C. The van der Waals surface area contributed by atoms with Crippen LogP contribution in [0.3, 0.4) is 0 Å². The number of hydrogen-bond acceptors (Lipinski definition) is 4. The lowest BCUT2D eigenvalue weighted by Gasteiger charge is -2.07. The molecule has 0 aromatic heterocycles. The standard InChI is InChI=1S/C16H15NO4/c1-10-5-7-14(8-12(10)3)21-16(18)13-6-4-11(2)15(9-13)17(19)20/h4-9H,1-3H3. The first-order valence-electron chi connectivity index (χ1n) is 6.43. The van der Waals surface area contributed by atoms with Crippen molar-refractivity contribution in [2.75, 3.05) is 0 Å². The molecule has 0 aliphatic rings. The molecule has 0 aliphatic heterocycles. The normalized spacial score (nSPS) is 10.2. The van der Waals surface area contributed by atoms with Gasteiger partial charge in [-0.05, 0) is 50.1 Å². The summed E-state index contributed by atoms with van der Waals surface area (Å²) in [7, 11) is 0. The van der Waals surface area contributed by atoms with Gasteiger partial charge in [0, 0.05) is 11.6 Å². The predicted octanol–water partition coefficient (Wildman–Crippen LogP) is 3.74. The van der Waals surface area contributed by atoms with Crippen LogP contribution in [0, 0.1) is 30.9 Å². The Balaban J connectivity index is 2.26. The second-order valence-electron chi connectivity index (χ2n) is 4.89. The van der Waals surface area contributed by atoms with Crippen molar-refractivity contribution >= 4 is 11.7 Å². The number of nitrogens with zero attached hydrogens (tertiary/aromatic N) is 1. The molecule has 5 heteroatoms. The van der Waals surface area contributed by atoms with E-state index in [2.05, 4.69) is 0 Å². The van der Waals surface area contributed by atoms with Crippen LogP contribution in [-0.2, 0) is 0 Å². The number of hydrogen-bond donors (Lipinski definition) is 0. The van der Waals surface area contributed by atoms with Gasteiger partial charge in [0.1, 0.15) is 5.75 Å². The van der Waals surface area contributed by atoms with Gasteiger partial charge >= 0.3 is 5.97 Å². The Kier molecular flexibility index (Phi) is 4.03. The molecule has 0 radical (unpaired) electrons. The summed E-state index contributed by atoms with van der Waals surface area (Å²) in [6.07, 6.45) is 0. The Hall–Kier alpha value is -2.69. The number of ether oxygens (including phenoxy) is 1. The van der Waals surface area contributed by atoms with E-state index < -0.39 is 10.9 Å². The fourth-order valence-electron chi connectivity index (χ4n) is 1.88. The third-order valence-electron chi connectivity index (χ3n) is 3.33. The summed E-state index contributed by atoms with van der Waals surface area (Å²) in [6, 6.07) is 9.60. The first kappa shape index (κ1) is 14.7. The molecular weight excluding hydrogens is 270 g/mol. The Bertz CT molecular complexity index is 722. The van der Waals surface area contributed by atoms with Crippen molar-refractivity contribution in [1.29, 1.82) is 0 Å². The number of esters is 1. The first-order valence-corrected chi connectivity index (χ1v) is 6.43. The Morgan fingerprint density at radius 1 is 1.00 bits per heavy atom. The molecule has 5 nitrogen and oxygen atoms in total. The molecule has 0 saturated heterocycles. The highest BCUT2D eigenvalue weighted by Gasteiger charge is 2.16. The number of rotatable bonds is 3. The van der Waals surface area contributed by atoms with E-state index >= 15 is 0 Å². The molecule has 0 heterocycles. The van der Waals surface area contributed by atoms with Crippen molar-refractivity contribution in [2.45, 2.75) is 20.8 Å². The minimum Gasteiger partial charge on any atom is -0.423 e. The second-order valence-corrected chi connectivity index (χ2v) is 4.89. The monoisotopic (exact) mass is 285 g/mol. The quantitative estimate of drug-likeness (QED) is 0.373. The molecule has 0 spiro atoms. The lowest BCUT2D eigenvalue weighted by atomic mass is 10.1. The van der Waals surface area contributed by atoms with Gasteiger partial charge in [0.2, 0.25) is 0 Å². The highest BCUT2D eigenvalue weighted by atomic mass is 16.6. The Morgan fingerprint density at radius 3 is 2.29 bits per heavy atom. The summed E-state index contributed by atoms with van der Waals surface area (Å²) < 4.78 is 5.25. The van der Waals surface area contributed by atoms with Gasteiger partial charge in [0.15, 0.2) is 0 Å². The third-order valence-corrected chi connectivity index (χ3v) is 3.33. The Labute approximate surface area is 122 Å². The van der Waals surface area contributed by atoms with Crippen LogP contribution in [0.15, 0.2) is 36.4 Å². The number of benzene rings is 2. The van der Waals surface area contributed by atoms with E-state index in [0.717, 1.165) is 11.1 Å². The van der Waals surface area contributed by atoms with Crippen LogP contribution in [0.25, 0.3) is 0 Å². The molecule has 108 valence electrons. The maximum atomic E-state index is 12.1. The zero-order chi connectivity index (χ0) is 15.6. The van der Waals surface area contributed by atoms with Crippen molar-refractivity contribution in [3.8, 4) is 5.75 Å². The summed E-state index contributed by atoms with van der Waals surface area (Å²) in [4.78, 5) is 22.4. The van der Waals surface area contributed by atoms with Gasteiger partial charge in [0.25, 0.3) is 5.69 Å².